The number of alkyl halides is 3. The first-order chi connectivity index (χ1) is 10.4. The molecule has 0 aliphatic rings. The molecule has 1 amide bonds. The number of hydrogen-bond donors (Lipinski definition) is 1. The number of ether oxygens (including phenoxy) is 1. The van der Waals surface area contributed by atoms with E-state index in [2.05, 4.69) is 10.3 Å². The summed E-state index contributed by atoms with van der Waals surface area (Å²) in [5.41, 5.74) is -0.817. The molecule has 2 aromatic rings. The zero-order valence-electron chi connectivity index (χ0n) is 11.0. The third-order valence-corrected chi connectivity index (χ3v) is 2.84. The fourth-order valence-corrected chi connectivity index (χ4v) is 1.77. The summed E-state index contributed by atoms with van der Waals surface area (Å²) in [6, 6.07) is 7.41. The molecule has 0 aliphatic carbocycles. The molecule has 1 heterocycles. The van der Waals surface area contributed by atoms with E-state index in [1.165, 1.54) is 24.4 Å². The van der Waals surface area contributed by atoms with Gasteiger partial charge < -0.3 is 10.1 Å². The number of halogens is 4. The lowest BCUT2D eigenvalue weighted by molar-refractivity contribution is -0.137. The van der Waals surface area contributed by atoms with E-state index >= 15 is 0 Å². The third kappa shape index (κ3) is 4.36. The normalized spacial score (nSPS) is 11.1. The van der Waals surface area contributed by atoms with Gasteiger partial charge in [-0.15, -0.1) is 0 Å². The van der Waals surface area contributed by atoms with Crippen molar-refractivity contribution in [1.29, 1.82) is 0 Å². The largest absolute Gasteiger partial charge is 0.481 e. The number of carbonyl (C=O) groups is 1. The number of pyridine rings is 1. The second kappa shape index (κ2) is 6.65. The Morgan fingerprint density at radius 2 is 2.05 bits per heavy atom. The van der Waals surface area contributed by atoms with Gasteiger partial charge in [0.15, 0.2) is 17.5 Å². The van der Waals surface area contributed by atoms with Gasteiger partial charge >= 0.3 is 6.18 Å². The Morgan fingerprint density at radius 1 is 1.27 bits per heavy atom. The maximum Gasteiger partial charge on any atom is 0.416 e. The first kappa shape index (κ1) is 16.1. The molecule has 22 heavy (non-hydrogen) atoms. The van der Waals surface area contributed by atoms with Gasteiger partial charge in [-0.25, -0.2) is 4.98 Å². The highest BCUT2D eigenvalue weighted by atomic mass is 35.5. The van der Waals surface area contributed by atoms with E-state index in [-0.39, 0.29) is 16.6 Å². The number of rotatable bonds is 4. The summed E-state index contributed by atoms with van der Waals surface area (Å²) < 4.78 is 42.8. The van der Waals surface area contributed by atoms with Gasteiger partial charge in [0.1, 0.15) is 0 Å². The molecule has 116 valence electrons. The lowest BCUT2D eigenvalue weighted by Crippen LogP contribution is -2.20. The molecule has 1 aromatic carbocycles. The van der Waals surface area contributed by atoms with Gasteiger partial charge in [-0.3, -0.25) is 4.79 Å². The molecule has 2 rings (SSSR count). The van der Waals surface area contributed by atoms with Crippen LogP contribution in [-0.4, -0.2) is 17.5 Å². The summed E-state index contributed by atoms with van der Waals surface area (Å²) in [5, 5.41) is 2.41. The average Bonchev–Trinajstić information content (AvgIpc) is 2.46. The summed E-state index contributed by atoms with van der Waals surface area (Å²) in [6.07, 6.45) is -3.02. The third-order valence-electron chi connectivity index (χ3n) is 2.56. The molecule has 0 atom stereocenters. The van der Waals surface area contributed by atoms with Gasteiger partial charge in [-0.05, 0) is 30.3 Å². The molecular formula is C14H10ClF3N2O2. The topological polar surface area (TPSA) is 51.2 Å². The monoisotopic (exact) mass is 330 g/mol. The molecule has 0 unspecified atom stereocenters. The van der Waals surface area contributed by atoms with Crippen LogP contribution in [0, 0.1) is 0 Å². The Hall–Kier alpha value is -2.28. The lowest BCUT2D eigenvalue weighted by atomic mass is 10.2. The molecule has 0 saturated carbocycles. The predicted octanol–water partition coefficient (Wildman–Crippen LogP) is 3.77. The predicted molar refractivity (Wildman–Crippen MR) is 74.8 cm³/mol. The van der Waals surface area contributed by atoms with Crippen molar-refractivity contribution in [2.45, 2.75) is 6.18 Å². The van der Waals surface area contributed by atoms with Gasteiger partial charge in [0.2, 0.25) is 0 Å². The van der Waals surface area contributed by atoms with Crippen LogP contribution in [0.5, 0.6) is 5.75 Å². The molecule has 1 aromatic heterocycles. The Balaban J connectivity index is 1.97. The van der Waals surface area contributed by atoms with Crippen LogP contribution in [0.2, 0.25) is 5.15 Å². The number of carbonyl (C=O) groups excluding carboxylic acids is 1. The van der Waals surface area contributed by atoms with Crippen LogP contribution >= 0.6 is 11.6 Å². The molecule has 1 N–H and O–H groups in total. The summed E-state index contributed by atoms with van der Waals surface area (Å²) in [6.45, 7) is -0.401. The van der Waals surface area contributed by atoms with Crippen molar-refractivity contribution >= 4 is 23.2 Å². The van der Waals surface area contributed by atoms with Gasteiger partial charge in [0, 0.05) is 11.9 Å². The van der Waals surface area contributed by atoms with E-state index in [1.807, 2.05) is 0 Å². The summed E-state index contributed by atoms with van der Waals surface area (Å²) in [7, 11) is 0. The molecule has 0 radical (unpaired) electrons. The molecule has 0 saturated heterocycles. The molecule has 4 nitrogen and oxygen atoms in total. The molecule has 0 spiro atoms. The smallest absolute Gasteiger partial charge is 0.416 e. The van der Waals surface area contributed by atoms with Gasteiger partial charge in [-0.1, -0.05) is 17.7 Å². The number of nitrogens with one attached hydrogen (secondary N) is 1. The second-order valence-corrected chi connectivity index (χ2v) is 4.57. The van der Waals surface area contributed by atoms with Crippen molar-refractivity contribution < 1.29 is 22.7 Å². The van der Waals surface area contributed by atoms with Crippen LogP contribution in [0.4, 0.5) is 18.9 Å². The number of benzene rings is 1. The second-order valence-electron chi connectivity index (χ2n) is 4.21. The van der Waals surface area contributed by atoms with Crippen molar-refractivity contribution in [2.75, 3.05) is 11.9 Å². The van der Waals surface area contributed by atoms with Crippen molar-refractivity contribution in [1.82, 2.24) is 4.98 Å². The minimum absolute atomic E-state index is 0.0284. The zero-order chi connectivity index (χ0) is 16.2. The van der Waals surface area contributed by atoms with Crippen LogP contribution in [0.1, 0.15) is 5.56 Å². The first-order valence-corrected chi connectivity index (χ1v) is 6.44. The molecular weight excluding hydrogens is 321 g/mol. The molecule has 8 heteroatoms. The highest BCUT2D eigenvalue weighted by Crippen LogP contribution is 2.30. The highest BCUT2D eigenvalue weighted by molar-refractivity contribution is 6.30. The number of hydrogen-bond acceptors (Lipinski definition) is 3. The standard InChI is InChI=1S/C14H10ClF3N2O2/c15-13-11(5-2-6-19-13)22-8-12(21)20-10-4-1-3-9(7-10)14(16,17)18/h1-7H,8H2,(H,20,21). The van der Waals surface area contributed by atoms with Gasteiger partial charge in [-0.2, -0.15) is 13.2 Å². The zero-order valence-corrected chi connectivity index (χ0v) is 11.8. The number of nitrogens with zero attached hydrogens (tertiary/aromatic N) is 1. The first-order valence-electron chi connectivity index (χ1n) is 6.06. The summed E-state index contributed by atoms with van der Waals surface area (Å²) >= 11 is 5.75. The van der Waals surface area contributed by atoms with Gasteiger partial charge in [0.25, 0.3) is 5.91 Å². The van der Waals surface area contributed by atoms with E-state index in [9.17, 15) is 18.0 Å². The van der Waals surface area contributed by atoms with Crippen molar-refractivity contribution in [2.24, 2.45) is 0 Å². The van der Waals surface area contributed by atoms with Crippen LogP contribution < -0.4 is 10.1 Å². The summed E-state index contributed by atoms with van der Waals surface area (Å²) in [5.74, 6) is -0.400. The Kier molecular flexibility index (Phi) is 4.87. The molecule has 0 aliphatic heterocycles. The Bertz CT molecular complexity index is 677. The SMILES string of the molecule is O=C(COc1cccnc1Cl)Nc1cccc(C(F)(F)F)c1. The van der Waals surface area contributed by atoms with Crippen LogP contribution in [0.15, 0.2) is 42.6 Å². The molecule has 0 fully saturated rings. The van der Waals surface area contributed by atoms with E-state index < -0.39 is 24.3 Å². The Labute approximate surface area is 128 Å². The van der Waals surface area contributed by atoms with E-state index in [1.54, 1.807) is 6.07 Å². The Morgan fingerprint density at radius 3 is 2.73 bits per heavy atom. The maximum absolute atomic E-state index is 12.6. The van der Waals surface area contributed by atoms with Crippen LogP contribution in [0.25, 0.3) is 0 Å². The minimum atomic E-state index is -4.47. The maximum atomic E-state index is 12.6. The highest BCUT2D eigenvalue weighted by Gasteiger charge is 2.30. The minimum Gasteiger partial charge on any atom is -0.481 e. The number of aromatic nitrogens is 1. The number of amides is 1. The fraction of sp³-hybridized carbons (Fsp3) is 0.143. The van der Waals surface area contributed by atoms with E-state index in [4.69, 9.17) is 16.3 Å². The van der Waals surface area contributed by atoms with Gasteiger partial charge in [0.05, 0.1) is 5.56 Å². The van der Waals surface area contributed by atoms with Crippen molar-refractivity contribution in [3.8, 4) is 5.75 Å². The van der Waals surface area contributed by atoms with Crippen molar-refractivity contribution in [3.63, 3.8) is 0 Å². The van der Waals surface area contributed by atoms with Crippen molar-refractivity contribution in [3.05, 3.63) is 53.3 Å². The molecule has 0 bridgehead atoms. The number of anilines is 1. The van der Waals surface area contributed by atoms with Crippen LogP contribution in [-0.2, 0) is 11.0 Å². The van der Waals surface area contributed by atoms with E-state index in [0.717, 1.165) is 12.1 Å². The van der Waals surface area contributed by atoms with E-state index in [0.29, 0.717) is 0 Å². The fourth-order valence-electron chi connectivity index (χ4n) is 1.59. The lowest BCUT2D eigenvalue weighted by Gasteiger charge is -2.10. The quantitative estimate of drug-likeness (QED) is 0.868. The van der Waals surface area contributed by atoms with Crippen LogP contribution in [0.3, 0.4) is 0 Å². The summed E-state index contributed by atoms with van der Waals surface area (Å²) in [4.78, 5) is 15.4. The average molecular weight is 331 g/mol.